The maximum absolute atomic E-state index is 13.4. The van der Waals surface area contributed by atoms with Crippen molar-refractivity contribution in [1.82, 2.24) is 0 Å². The Bertz CT molecular complexity index is 701. The number of hydrogen-bond donors (Lipinski definition) is 2. The Labute approximate surface area is 126 Å². The number of anilines is 1. The van der Waals surface area contributed by atoms with E-state index < -0.39 is 17.9 Å². The van der Waals surface area contributed by atoms with E-state index in [2.05, 4.69) is 5.32 Å². The van der Waals surface area contributed by atoms with Gasteiger partial charge < -0.3 is 9.84 Å². The third-order valence-corrected chi connectivity index (χ3v) is 2.98. The van der Waals surface area contributed by atoms with Crippen LogP contribution >= 0.6 is 0 Å². The van der Waals surface area contributed by atoms with E-state index in [0.29, 0.717) is 0 Å². The number of rotatable bonds is 4. The number of benzene rings is 2. The topological polar surface area (TPSA) is 75.6 Å². The van der Waals surface area contributed by atoms with Gasteiger partial charge in [0.1, 0.15) is 12.4 Å². The molecular formula is C16H14FNO4. The van der Waals surface area contributed by atoms with Gasteiger partial charge in [-0.25, -0.2) is 14.0 Å². The van der Waals surface area contributed by atoms with Crippen LogP contribution in [-0.2, 0) is 11.3 Å². The van der Waals surface area contributed by atoms with Crippen LogP contribution in [0.5, 0.6) is 0 Å². The first-order valence-electron chi connectivity index (χ1n) is 6.48. The third kappa shape index (κ3) is 3.82. The average molecular weight is 303 g/mol. The fourth-order valence-electron chi connectivity index (χ4n) is 1.83. The minimum absolute atomic E-state index is 0.00976. The van der Waals surface area contributed by atoms with Crippen molar-refractivity contribution in [3.8, 4) is 0 Å². The molecule has 1 amide bonds. The van der Waals surface area contributed by atoms with Crippen molar-refractivity contribution >= 4 is 17.7 Å². The van der Waals surface area contributed by atoms with Gasteiger partial charge in [-0.05, 0) is 30.2 Å². The smallest absolute Gasteiger partial charge is 0.411 e. The molecule has 114 valence electrons. The zero-order chi connectivity index (χ0) is 16.1. The summed E-state index contributed by atoms with van der Waals surface area (Å²) in [4.78, 5) is 22.8. The number of carboxylic acid groups (broad SMARTS) is 1. The van der Waals surface area contributed by atoms with Gasteiger partial charge in [-0.1, -0.05) is 30.3 Å². The number of carboxylic acids is 1. The molecule has 0 radical (unpaired) electrons. The molecule has 22 heavy (non-hydrogen) atoms. The highest BCUT2D eigenvalue weighted by Gasteiger charge is 2.16. The van der Waals surface area contributed by atoms with Gasteiger partial charge in [0.25, 0.3) is 0 Å². The van der Waals surface area contributed by atoms with Gasteiger partial charge >= 0.3 is 12.1 Å². The number of hydrogen-bond acceptors (Lipinski definition) is 3. The Kier molecular flexibility index (Phi) is 4.73. The van der Waals surface area contributed by atoms with E-state index in [1.807, 2.05) is 18.2 Å². The minimum atomic E-state index is -1.34. The van der Waals surface area contributed by atoms with Crippen LogP contribution in [0.3, 0.4) is 0 Å². The van der Waals surface area contributed by atoms with Crippen LogP contribution in [0.15, 0.2) is 42.5 Å². The summed E-state index contributed by atoms with van der Waals surface area (Å²) in [6.07, 6.45) is -0.808. The van der Waals surface area contributed by atoms with Gasteiger partial charge in [-0.15, -0.1) is 0 Å². The molecule has 5 nitrogen and oxygen atoms in total. The number of nitrogens with one attached hydrogen (secondary N) is 1. The van der Waals surface area contributed by atoms with Crippen LogP contribution in [0.4, 0.5) is 14.9 Å². The fourth-order valence-corrected chi connectivity index (χ4v) is 1.83. The first-order valence-corrected chi connectivity index (χ1v) is 6.48. The van der Waals surface area contributed by atoms with Gasteiger partial charge in [-0.3, -0.25) is 5.32 Å². The molecule has 0 unspecified atom stereocenters. The summed E-state index contributed by atoms with van der Waals surface area (Å²) < 4.78 is 18.4. The zero-order valence-corrected chi connectivity index (χ0v) is 11.8. The first-order chi connectivity index (χ1) is 10.5. The highest BCUT2D eigenvalue weighted by molar-refractivity contribution is 5.98. The van der Waals surface area contributed by atoms with Crippen molar-refractivity contribution in [3.63, 3.8) is 0 Å². The second-order valence-electron chi connectivity index (χ2n) is 4.64. The van der Waals surface area contributed by atoms with Crippen molar-refractivity contribution in [3.05, 3.63) is 65.0 Å². The molecule has 0 aromatic heterocycles. The number of halogens is 1. The van der Waals surface area contributed by atoms with E-state index >= 15 is 0 Å². The maximum atomic E-state index is 13.4. The Morgan fingerprint density at radius 3 is 2.55 bits per heavy atom. The van der Waals surface area contributed by atoms with Gasteiger partial charge in [0.2, 0.25) is 0 Å². The lowest BCUT2D eigenvalue weighted by Gasteiger charge is -2.11. The molecular weight excluding hydrogens is 289 g/mol. The molecule has 0 saturated carbocycles. The van der Waals surface area contributed by atoms with Crippen molar-refractivity contribution in [1.29, 1.82) is 0 Å². The second-order valence-corrected chi connectivity index (χ2v) is 4.64. The molecule has 6 heteroatoms. The van der Waals surface area contributed by atoms with Crippen LogP contribution < -0.4 is 5.32 Å². The molecule has 2 rings (SSSR count). The molecule has 0 aliphatic heterocycles. The van der Waals surface area contributed by atoms with Crippen LogP contribution in [0.25, 0.3) is 0 Å². The highest BCUT2D eigenvalue weighted by Crippen LogP contribution is 2.21. The molecule has 2 aromatic carbocycles. The van der Waals surface area contributed by atoms with Crippen molar-refractivity contribution < 1.29 is 23.8 Å². The molecule has 0 atom stereocenters. The monoisotopic (exact) mass is 303 g/mol. The van der Waals surface area contributed by atoms with Crippen LogP contribution in [0, 0.1) is 12.7 Å². The Morgan fingerprint density at radius 1 is 1.23 bits per heavy atom. The van der Waals surface area contributed by atoms with Crippen molar-refractivity contribution in [2.75, 3.05) is 5.32 Å². The molecule has 0 heterocycles. The Balaban J connectivity index is 2.08. The third-order valence-electron chi connectivity index (χ3n) is 2.98. The summed E-state index contributed by atoms with van der Waals surface area (Å²) in [5, 5.41) is 11.4. The van der Waals surface area contributed by atoms with E-state index in [1.165, 1.54) is 13.0 Å². The minimum Gasteiger partial charge on any atom is -0.478 e. The molecule has 0 fully saturated rings. The molecule has 0 spiro atoms. The van der Waals surface area contributed by atoms with Gasteiger partial charge in [0, 0.05) is 0 Å². The zero-order valence-electron chi connectivity index (χ0n) is 11.8. The SMILES string of the molecule is Cc1cc(NC(=O)OCc2ccccc2)c(C(=O)O)cc1F. The molecule has 0 aliphatic carbocycles. The second kappa shape index (κ2) is 6.71. The number of aromatic carboxylic acids is 1. The summed E-state index contributed by atoms with van der Waals surface area (Å²) in [5.74, 6) is -1.99. The molecule has 0 bridgehead atoms. The normalized spacial score (nSPS) is 10.1. The molecule has 2 N–H and O–H groups in total. The maximum Gasteiger partial charge on any atom is 0.411 e. The standard InChI is InChI=1S/C16H14FNO4/c1-10-7-14(12(15(19)20)8-13(10)17)18-16(21)22-9-11-5-3-2-4-6-11/h2-8H,9H2,1H3,(H,18,21)(H,19,20). The van der Waals surface area contributed by atoms with E-state index in [4.69, 9.17) is 9.84 Å². The van der Waals surface area contributed by atoms with E-state index in [1.54, 1.807) is 12.1 Å². The summed E-state index contributed by atoms with van der Waals surface area (Å²) in [7, 11) is 0. The van der Waals surface area contributed by atoms with Gasteiger partial charge in [0.05, 0.1) is 11.3 Å². The number of ether oxygens (including phenoxy) is 1. The predicted octanol–water partition coefficient (Wildman–Crippen LogP) is 3.58. The quantitative estimate of drug-likeness (QED) is 0.905. The van der Waals surface area contributed by atoms with Crippen molar-refractivity contribution in [2.45, 2.75) is 13.5 Å². The summed E-state index contributed by atoms with van der Waals surface area (Å²) in [6.45, 7) is 1.52. The number of aryl methyl sites for hydroxylation is 1. The fraction of sp³-hybridized carbons (Fsp3) is 0.125. The summed E-state index contributed by atoms with van der Waals surface area (Å²) in [6, 6.07) is 11.2. The molecule has 0 aliphatic rings. The number of carbonyl (C=O) groups is 2. The van der Waals surface area contributed by atoms with Crippen LogP contribution in [0.1, 0.15) is 21.5 Å². The Morgan fingerprint density at radius 2 is 1.91 bits per heavy atom. The van der Waals surface area contributed by atoms with E-state index in [0.717, 1.165) is 11.6 Å². The van der Waals surface area contributed by atoms with Gasteiger partial charge in [-0.2, -0.15) is 0 Å². The average Bonchev–Trinajstić information content (AvgIpc) is 2.49. The number of amides is 1. The molecule has 0 saturated heterocycles. The van der Waals surface area contributed by atoms with Crippen LogP contribution in [0.2, 0.25) is 0 Å². The molecule has 2 aromatic rings. The van der Waals surface area contributed by atoms with Crippen molar-refractivity contribution in [2.24, 2.45) is 0 Å². The van der Waals surface area contributed by atoms with Gasteiger partial charge in [0.15, 0.2) is 0 Å². The number of carbonyl (C=O) groups excluding carboxylic acids is 1. The lowest BCUT2D eigenvalue weighted by Crippen LogP contribution is -2.16. The predicted molar refractivity (Wildman–Crippen MR) is 78.3 cm³/mol. The van der Waals surface area contributed by atoms with E-state index in [9.17, 15) is 14.0 Å². The van der Waals surface area contributed by atoms with E-state index in [-0.39, 0.29) is 23.4 Å². The largest absolute Gasteiger partial charge is 0.478 e. The highest BCUT2D eigenvalue weighted by atomic mass is 19.1. The summed E-state index contributed by atoms with van der Waals surface area (Å²) in [5.41, 5.74) is 0.680. The lowest BCUT2D eigenvalue weighted by molar-refractivity contribution is 0.0697. The summed E-state index contributed by atoms with van der Waals surface area (Å²) >= 11 is 0. The lowest BCUT2D eigenvalue weighted by atomic mass is 10.1. The first kappa shape index (κ1) is 15.5. The van der Waals surface area contributed by atoms with Crippen LogP contribution in [-0.4, -0.2) is 17.2 Å². The Hall–Kier alpha value is -2.89.